The zero-order valence-corrected chi connectivity index (χ0v) is 9.76. The first-order valence-electron chi connectivity index (χ1n) is 5.50. The first-order valence-corrected chi connectivity index (χ1v) is 5.88. The van der Waals surface area contributed by atoms with E-state index in [1.54, 1.807) is 18.2 Å². The van der Waals surface area contributed by atoms with Crippen molar-refractivity contribution in [2.45, 2.75) is 19.3 Å². The van der Waals surface area contributed by atoms with Crippen molar-refractivity contribution < 1.29 is 4.79 Å². The number of benzene rings is 1. The van der Waals surface area contributed by atoms with E-state index in [1.807, 2.05) is 0 Å². The van der Waals surface area contributed by atoms with Crippen molar-refractivity contribution in [3.05, 3.63) is 28.8 Å². The van der Waals surface area contributed by atoms with Crippen LogP contribution in [0.15, 0.2) is 18.2 Å². The number of nitrogens with one attached hydrogen (secondary N) is 1. The average Bonchev–Trinajstić information content (AvgIpc) is 3.06. The summed E-state index contributed by atoms with van der Waals surface area (Å²) in [6.07, 6.45) is 3.70. The highest BCUT2D eigenvalue weighted by atomic mass is 35.5. The van der Waals surface area contributed by atoms with Crippen LogP contribution in [0.4, 0.5) is 5.69 Å². The van der Waals surface area contributed by atoms with E-state index < -0.39 is 0 Å². The summed E-state index contributed by atoms with van der Waals surface area (Å²) in [6.45, 7) is 0.742. The van der Waals surface area contributed by atoms with Crippen LogP contribution in [-0.4, -0.2) is 12.5 Å². The van der Waals surface area contributed by atoms with Crippen LogP contribution < -0.4 is 11.1 Å². The summed E-state index contributed by atoms with van der Waals surface area (Å²) >= 11 is 5.78. The zero-order valence-electron chi connectivity index (χ0n) is 9.00. The summed E-state index contributed by atoms with van der Waals surface area (Å²) in [4.78, 5) is 11.7. The standard InChI is InChI=1S/C12H15ClN2O/c13-10-4-3-9(7-11(10)14)12(16)15-6-5-8-1-2-8/h3-4,7-8H,1-2,5-6,14H2,(H,15,16). The van der Waals surface area contributed by atoms with Gasteiger partial charge in [0.2, 0.25) is 0 Å². The van der Waals surface area contributed by atoms with Gasteiger partial charge in [0, 0.05) is 12.1 Å². The molecule has 1 amide bonds. The Hall–Kier alpha value is -1.22. The van der Waals surface area contributed by atoms with Crippen molar-refractivity contribution in [2.75, 3.05) is 12.3 Å². The van der Waals surface area contributed by atoms with Gasteiger partial charge in [-0.05, 0) is 30.5 Å². The van der Waals surface area contributed by atoms with Gasteiger partial charge in [-0.1, -0.05) is 24.4 Å². The number of nitrogen functional groups attached to an aromatic ring is 1. The van der Waals surface area contributed by atoms with Crippen molar-refractivity contribution in [1.82, 2.24) is 5.32 Å². The van der Waals surface area contributed by atoms with Crippen LogP contribution in [0.2, 0.25) is 5.02 Å². The van der Waals surface area contributed by atoms with Gasteiger partial charge < -0.3 is 11.1 Å². The zero-order chi connectivity index (χ0) is 11.5. The van der Waals surface area contributed by atoms with Gasteiger partial charge in [0.15, 0.2) is 0 Å². The molecule has 1 aromatic rings. The SMILES string of the molecule is Nc1cc(C(=O)NCCC2CC2)ccc1Cl. The van der Waals surface area contributed by atoms with Crippen LogP contribution in [0, 0.1) is 5.92 Å². The lowest BCUT2D eigenvalue weighted by molar-refractivity contribution is 0.0952. The van der Waals surface area contributed by atoms with Gasteiger partial charge in [-0.25, -0.2) is 0 Å². The molecule has 1 aliphatic rings. The van der Waals surface area contributed by atoms with Crippen LogP contribution >= 0.6 is 11.6 Å². The van der Waals surface area contributed by atoms with Gasteiger partial charge in [0.25, 0.3) is 5.91 Å². The molecule has 0 unspecified atom stereocenters. The van der Waals surface area contributed by atoms with Crippen LogP contribution in [0.1, 0.15) is 29.6 Å². The second kappa shape index (κ2) is 4.74. The Morgan fingerprint density at radius 1 is 1.50 bits per heavy atom. The van der Waals surface area contributed by atoms with E-state index in [1.165, 1.54) is 12.8 Å². The third-order valence-corrected chi connectivity index (χ3v) is 3.14. The molecule has 0 aromatic heterocycles. The summed E-state index contributed by atoms with van der Waals surface area (Å²) < 4.78 is 0. The Labute approximate surface area is 100.0 Å². The highest BCUT2D eigenvalue weighted by molar-refractivity contribution is 6.33. The molecule has 0 heterocycles. The molecule has 1 fully saturated rings. The predicted octanol–water partition coefficient (Wildman–Crippen LogP) is 2.45. The minimum atomic E-state index is -0.0796. The number of anilines is 1. The minimum absolute atomic E-state index is 0.0796. The maximum atomic E-state index is 11.7. The second-order valence-electron chi connectivity index (χ2n) is 4.22. The molecule has 0 aliphatic heterocycles. The maximum absolute atomic E-state index is 11.7. The fourth-order valence-corrected chi connectivity index (χ4v) is 1.70. The molecule has 0 radical (unpaired) electrons. The quantitative estimate of drug-likeness (QED) is 0.792. The third kappa shape index (κ3) is 2.89. The Morgan fingerprint density at radius 2 is 2.25 bits per heavy atom. The fraction of sp³-hybridized carbons (Fsp3) is 0.417. The molecule has 0 saturated heterocycles. The first kappa shape index (κ1) is 11.3. The average molecular weight is 239 g/mol. The van der Waals surface area contributed by atoms with E-state index in [0.717, 1.165) is 18.9 Å². The molecular weight excluding hydrogens is 224 g/mol. The highest BCUT2D eigenvalue weighted by Gasteiger charge is 2.20. The van der Waals surface area contributed by atoms with Crippen molar-refractivity contribution >= 4 is 23.2 Å². The van der Waals surface area contributed by atoms with Crippen LogP contribution in [0.3, 0.4) is 0 Å². The van der Waals surface area contributed by atoms with E-state index in [2.05, 4.69) is 5.32 Å². The fourth-order valence-electron chi connectivity index (χ4n) is 1.58. The monoisotopic (exact) mass is 238 g/mol. The lowest BCUT2D eigenvalue weighted by Crippen LogP contribution is -2.24. The lowest BCUT2D eigenvalue weighted by atomic mass is 10.2. The van der Waals surface area contributed by atoms with E-state index in [4.69, 9.17) is 17.3 Å². The van der Waals surface area contributed by atoms with E-state index >= 15 is 0 Å². The summed E-state index contributed by atoms with van der Waals surface area (Å²) in [5.74, 6) is 0.750. The maximum Gasteiger partial charge on any atom is 0.251 e. The summed E-state index contributed by atoms with van der Waals surface area (Å²) in [5, 5.41) is 3.36. The van der Waals surface area contributed by atoms with Crippen molar-refractivity contribution in [2.24, 2.45) is 5.92 Å². The molecular formula is C12H15ClN2O. The smallest absolute Gasteiger partial charge is 0.251 e. The van der Waals surface area contributed by atoms with Crippen molar-refractivity contribution in [1.29, 1.82) is 0 Å². The molecule has 1 aromatic carbocycles. The van der Waals surface area contributed by atoms with Gasteiger partial charge in [-0.2, -0.15) is 0 Å². The summed E-state index contributed by atoms with van der Waals surface area (Å²) in [6, 6.07) is 4.94. The highest BCUT2D eigenvalue weighted by Crippen LogP contribution is 2.31. The van der Waals surface area contributed by atoms with Crippen LogP contribution in [-0.2, 0) is 0 Å². The minimum Gasteiger partial charge on any atom is -0.398 e. The number of halogens is 1. The number of hydrogen-bond donors (Lipinski definition) is 2. The topological polar surface area (TPSA) is 55.1 Å². The second-order valence-corrected chi connectivity index (χ2v) is 4.63. The van der Waals surface area contributed by atoms with Crippen LogP contribution in [0.5, 0.6) is 0 Å². The Kier molecular flexibility index (Phi) is 3.34. The molecule has 0 bridgehead atoms. The Bertz CT molecular complexity index is 402. The number of nitrogens with two attached hydrogens (primary N) is 1. The molecule has 0 spiro atoms. The van der Waals surface area contributed by atoms with Crippen molar-refractivity contribution in [3.8, 4) is 0 Å². The molecule has 1 aliphatic carbocycles. The molecule has 16 heavy (non-hydrogen) atoms. The summed E-state index contributed by atoms with van der Waals surface area (Å²) in [5.41, 5.74) is 6.64. The molecule has 3 N–H and O–H groups in total. The van der Waals surface area contributed by atoms with E-state index in [-0.39, 0.29) is 5.91 Å². The number of hydrogen-bond acceptors (Lipinski definition) is 2. The molecule has 0 atom stereocenters. The number of carbonyl (C=O) groups is 1. The van der Waals surface area contributed by atoms with Crippen molar-refractivity contribution in [3.63, 3.8) is 0 Å². The van der Waals surface area contributed by atoms with Gasteiger partial charge in [0.1, 0.15) is 0 Å². The molecule has 4 heteroatoms. The predicted molar refractivity (Wildman–Crippen MR) is 65.5 cm³/mol. The number of rotatable bonds is 4. The normalized spacial score (nSPS) is 14.8. The van der Waals surface area contributed by atoms with Gasteiger partial charge in [0.05, 0.1) is 10.7 Å². The van der Waals surface area contributed by atoms with Gasteiger partial charge in [-0.3, -0.25) is 4.79 Å². The number of amides is 1. The van der Waals surface area contributed by atoms with Gasteiger partial charge >= 0.3 is 0 Å². The van der Waals surface area contributed by atoms with Gasteiger partial charge in [-0.15, -0.1) is 0 Å². The number of carbonyl (C=O) groups excluding carboxylic acids is 1. The molecule has 3 nitrogen and oxygen atoms in total. The Balaban J connectivity index is 1.88. The molecule has 1 saturated carbocycles. The first-order chi connectivity index (χ1) is 7.66. The summed E-state index contributed by atoms with van der Waals surface area (Å²) in [7, 11) is 0. The Morgan fingerprint density at radius 3 is 2.88 bits per heavy atom. The van der Waals surface area contributed by atoms with E-state index in [9.17, 15) is 4.79 Å². The third-order valence-electron chi connectivity index (χ3n) is 2.79. The lowest BCUT2D eigenvalue weighted by Gasteiger charge is -2.05. The molecule has 86 valence electrons. The van der Waals surface area contributed by atoms with Crippen LogP contribution in [0.25, 0.3) is 0 Å². The largest absolute Gasteiger partial charge is 0.398 e. The molecule has 2 rings (SSSR count). The van der Waals surface area contributed by atoms with E-state index in [0.29, 0.717) is 16.3 Å².